The van der Waals surface area contributed by atoms with Crippen LogP contribution in [0.15, 0.2) is 36.5 Å². The highest BCUT2D eigenvalue weighted by molar-refractivity contribution is 5.76. The first-order valence-corrected chi connectivity index (χ1v) is 31.3. The molecular weight excluding hydrogens is 863 g/mol. The predicted molar refractivity (Wildman–Crippen MR) is 306 cm³/mol. The van der Waals surface area contributed by atoms with E-state index in [4.69, 9.17) is 4.74 Å². The summed E-state index contributed by atoms with van der Waals surface area (Å²) in [7, 11) is 0. The molecule has 2 unspecified atom stereocenters. The van der Waals surface area contributed by atoms with E-state index in [1.807, 2.05) is 0 Å². The molecule has 0 fully saturated rings. The van der Waals surface area contributed by atoms with Gasteiger partial charge in [-0.1, -0.05) is 275 Å². The van der Waals surface area contributed by atoms with E-state index in [-0.39, 0.29) is 18.5 Å². The Labute approximate surface area is 436 Å². The molecule has 0 saturated carbocycles. The summed E-state index contributed by atoms with van der Waals surface area (Å²) in [6.07, 6.45) is 74.4. The molecule has 70 heavy (non-hydrogen) atoms. The van der Waals surface area contributed by atoms with E-state index < -0.39 is 12.1 Å². The molecule has 3 N–H and O–H groups in total. The number of aliphatic hydroxyl groups is 2. The zero-order valence-corrected chi connectivity index (χ0v) is 47.0. The molecular formula is C64H121NO5. The second-order valence-electron chi connectivity index (χ2n) is 21.4. The number of unbranched alkanes of at least 4 members (excludes halogenated alkanes) is 42. The maximum atomic E-state index is 12.5. The van der Waals surface area contributed by atoms with Gasteiger partial charge < -0.3 is 20.3 Å². The van der Waals surface area contributed by atoms with Crippen molar-refractivity contribution in [2.45, 2.75) is 347 Å². The first kappa shape index (κ1) is 68.1. The summed E-state index contributed by atoms with van der Waals surface area (Å²) >= 11 is 0. The molecule has 0 aliphatic heterocycles. The number of esters is 1. The van der Waals surface area contributed by atoms with E-state index in [1.165, 1.54) is 225 Å². The van der Waals surface area contributed by atoms with Gasteiger partial charge in [0.15, 0.2) is 0 Å². The molecule has 6 heteroatoms. The number of rotatable bonds is 58. The van der Waals surface area contributed by atoms with Crippen LogP contribution in [0, 0.1) is 0 Å². The Morgan fingerprint density at radius 3 is 1.11 bits per heavy atom. The highest BCUT2D eigenvalue weighted by Gasteiger charge is 2.20. The third-order valence-corrected chi connectivity index (χ3v) is 14.4. The normalized spacial score (nSPS) is 12.8. The Bertz CT molecular complexity index is 1130. The van der Waals surface area contributed by atoms with Crippen molar-refractivity contribution >= 4 is 11.9 Å². The minimum Gasteiger partial charge on any atom is -0.466 e. The minimum absolute atomic E-state index is 0.0304. The molecule has 0 radical (unpaired) electrons. The van der Waals surface area contributed by atoms with Crippen LogP contribution in [0.25, 0.3) is 0 Å². The van der Waals surface area contributed by atoms with Crippen LogP contribution < -0.4 is 5.32 Å². The fourth-order valence-electron chi connectivity index (χ4n) is 9.63. The van der Waals surface area contributed by atoms with Gasteiger partial charge in [-0.05, 0) is 83.5 Å². The van der Waals surface area contributed by atoms with Gasteiger partial charge in [0.05, 0.1) is 25.4 Å². The van der Waals surface area contributed by atoms with Gasteiger partial charge in [-0.25, -0.2) is 0 Å². The highest BCUT2D eigenvalue weighted by atomic mass is 16.5. The molecule has 0 bridgehead atoms. The highest BCUT2D eigenvalue weighted by Crippen LogP contribution is 2.18. The largest absolute Gasteiger partial charge is 0.466 e. The lowest BCUT2D eigenvalue weighted by Crippen LogP contribution is -2.45. The summed E-state index contributed by atoms with van der Waals surface area (Å²) in [6.45, 7) is 4.90. The Kier molecular flexibility index (Phi) is 58.0. The van der Waals surface area contributed by atoms with Crippen molar-refractivity contribution in [2.75, 3.05) is 13.2 Å². The summed E-state index contributed by atoms with van der Waals surface area (Å²) in [4.78, 5) is 24.5. The molecule has 6 nitrogen and oxygen atoms in total. The number of carbonyl (C=O) groups is 2. The Balaban J connectivity index is 3.50. The van der Waals surface area contributed by atoms with Crippen LogP contribution in [-0.4, -0.2) is 47.4 Å². The van der Waals surface area contributed by atoms with Gasteiger partial charge in [-0.15, -0.1) is 0 Å². The smallest absolute Gasteiger partial charge is 0.305 e. The molecule has 0 aromatic carbocycles. The quantitative estimate of drug-likeness (QED) is 0.0244. The predicted octanol–water partition coefficient (Wildman–Crippen LogP) is 19.6. The number of allylic oxidation sites excluding steroid dienone is 6. The van der Waals surface area contributed by atoms with E-state index in [0.29, 0.717) is 25.9 Å². The maximum Gasteiger partial charge on any atom is 0.305 e. The van der Waals surface area contributed by atoms with Crippen LogP contribution in [0.5, 0.6) is 0 Å². The first-order chi connectivity index (χ1) is 34.5. The summed E-state index contributed by atoms with van der Waals surface area (Å²) in [5.74, 6) is -0.0851. The van der Waals surface area contributed by atoms with Crippen molar-refractivity contribution < 1.29 is 24.5 Å². The minimum atomic E-state index is -0.681. The van der Waals surface area contributed by atoms with Crippen LogP contribution >= 0.6 is 0 Å². The molecule has 0 aromatic heterocycles. The molecule has 0 heterocycles. The van der Waals surface area contributed by atoms with E-state index in [1.54, 1.807) is 0 Å². The molecule has 0 spiro atoms. The fourth-order valence-corrected chi connectivity index (χ4v) is 9.63. The SMILES string of the molecule is CCCCCC/C=C\CCCCCCCC(=O)OCCCCC/C=C\C=C/CCCCCCCCC(=O)NC(CO)C(O)CCCCCCCCCCCCCCCCCCCCCCCCCCC. The summed E-state index contributed by atoms with van der Waals surface area (Å²) in [5, 5.41) is 23.4. The molecule has 2 atom stereocenters. The lowest BCUT2D eigenvalue weighted by Gasteiger charge is -2.22. The van der Waals surface area contributed by atoms with Gasteiger partial charge >= 0.3 is 5.97 Å². The van der Waals surface area contributed by atoms with Gasteiger partial charge in [-0.3, -0.25) is 9.59 Å². The van der Waals surface area contributed by atoms with Crippen LogP contribution in [-0.2, 0) is 14.3 Å². The Morgan fingerprint density at radius 1 is 0.400 bits per heavy atom. The van der Waals surface area contributed by atoms with Crippen molar-refractivity contribution in [3.05, 3.63) is 36.5 Å². The molecule has 0 aliphatic rings. The van der Waals surface area contributed by atoms with E-state index in [0.717, 1.165) is 77.0 Å². The lowest BCUT2D eigenvalue weighted by atomic mass is 10.0. The van der Waals surface area contributed by atoms with E-state index >= 15 is 0 Å². The van der Waals surface area contributed by atoms with Crippen molar-refractivity contribution in [3.63, 3.8) is 0 Å². The third-order valence-electron chi connectivity index (χ3n) is 14.4. The summed E-state index contributed by atoms with van der Waals surface area (Å²) < 4.78 is 5.44. The van der Waals surface area contributed by atoms with Crippen molar-refractivity contribution in [3.8, 4) is 0 Å². The van der Waals surface area contributed by atoms with Crippen LogP contribution in [0.2, 0.25) is 0 Å². The van der Waals surface area contributed by atoms with Gasteiger partial charge in [0.2, 0.25) is 5.91 Å². The standard InChI is InChI=1S/C64H121NO5/c1-3-5-7-9-11-13-15-17-18-19-20-21-22-23-24-25-26-27-29-33-36-40-44-48-52-56-62(67)61(60-66)65-63(68)57-53-49-45-41-37-34-30-28-31-35-39-43-47-51-55-59-70-64(69)58-54-50-46-42-38-32-16-14-12-10-8-6-4-2/h14,16,28,31,35,39,61-62,66-67H,3-13,15,17-27,29-30,32-34,36-38,40-60H2,1-2H3,(H,65,68)/b16-14-,31-28-,39-35-. The number of amides is 1. The Hall–Kier alpha value is -1.92. The average molecular weight is 985 g/mol. The molecule has 0 rings (SSSR count). The zero-order valence-electron chi connectivity index (χ0n) is 47.0. The van der Waals surface area contributed by atoms with Crippen LogP contribution in [0.1, 0.15) is 335 Å². The average Bonchev–Trinajstić information content (AvgIpc) is 3.36. The molecule has 1 amide bonds. The molecule has 0 aliphatic carbocycles. The summed E-state index contributed by atoms with van der Waals surface area (Å²) in [5.41, 5.74) is 0. The maximum absolute atomic E-state index is 12.5. The number of hydrogen-bond acceptors (Lipinski definition) is 5. The second kappa shape index (κ2) is 59.6. The van der Waals surface area contributed by atoms with Crippen molar-refractivity contribution in [1.82, 2.24) is 5.32 Å². The number of aliphatic hydroxyl groups excluding tert-OH is 2. The van der Waals surface area contributed by atoms with Crippen LogP contribution in [0.3, 0.4) is 0 Å². The number of ether oxygens (including phenoxy) is 1. The first-order valence-electron chi connectivity index (χ1n) is 31.3. The molecule has 0 aromatic rings. The van der Waals surface area contributed by atoms with Gasteiger partial charge in [-0.2, -0.15) is 0 Å². The second-order valence-corrected chi connectivity index (χ2v) is 21.4. The van der Waals surface area contributed by atoms with Crippen molar-refractivity contribution in [2.24, 2.45) is 0 Å². The van der Waals surface area contributed by atoms with Crippen LogP contribution in [0.4, 0.5) is 0 Å². The number of hydrogen-bond donors (Lipinski definition) is 3. The van der Waals surface area contributed by atoms with E-state index in [2.05, 4.69) is 55.6 Å². The Morgan fingerprint density at radius 2 is 0.714 bits per heavy atom. The third kappa shape index (κ3) is 55.4. The fraction of sp³-hybridized carbons (Fsp3) is 0.875. The van der Waals surface area contributed by atoms with Gasteiger partial charge in [0, 0.05) is 12.8 Å². The number of carbonyl (C=O) groups excluding carboxylic acids is 2. The summed E-state index contributed by atoms with van der Waals surface area (Å²) in [6, 6.07) is -0.560. The topological polar surface area (TPSA) is 95.9 Å². The monoisotopic (exact) mass is 984 g/mol. The molecule has 412 valence electrons. The van der Waals surface area contributed by atoms with E-state index in [9.17, 15) is 19.8 Å². The molecule has 0 saturated heterocycles. The lowest BCUT2D eigenvalue weighted by molar-refractivity contribution is -0.143. The zero-order chi connectivity index (χ0) is 50.7. The van der Waals surface area contributed by atoms with Gasteiger partial charge in [0.1, 0.15) is 0 Å². The van der Waals surface area contributed by atoms with Gasteiger partial charge in [0.25, 0.3) is 0 Å². The number of nitrogens with one attached hydrogen (secondary N) is 1. The van der Waals surface area contributed by atoms with Crippen molar-refractivity contribution in [1.29, 1.82) is 0 Å².